The van der Waals surface area contributed by atoms with Crippen molar-refractivity contribution in [3.63, 3.8) is 0 Å². The van der Waals surface area contributed by atoms with Crippen LogP contribution < -0.4 is 15.6 Å². The average molecular weight is 506 g/mol. The Labute approximate surface area is 212 Å². The van der Waals surface area contributed by atoms with Crippen LogP contribution in [0.15, 0.2) is 52.6 Å². The minimum Gasteiger partial charge on any atom is -0.497 e. The lowest BCUT2D eigenvalue weighted by Gasteiger charge is -2.11. The number of methoxy groups -OCH3 is 1. The third kappa shape index (κ3) is 5.16. The molecule has 2 heterocycles. The Morgan fingerprint density at radius 2 is 1.83 bits per heavy atom. The number of benzene rings is 2. The summed E-state index contributed by atoms with van der Waals surface area (Å²) < 4.78 is 11.6. The Morgan fingerprint density at radius 3 is 2.50 bits per heavy atom. The number of rotatable bonds is 8. The number of aryl methyl sites for hydroxylation is 3. The molecule has 9 heteroatoms. The number of amides is 1. The van der Waals surface area contributed by atoms with Crippen LogP contribution in [0.4, 0.5) is 5.00 Å². The minimum atomic E-state index is -0.629. The second-order valence-corrected chi connectivity index (χ2v) is 9.18. The van der Waals surface area contributed by atoms with Crippen molar-refractivity contribution in [1.29, 1.82) is 0 Å². The van der Waals surface area contributed by atoms with Gasteiger partial charge in [-0.15, -0.1) is 11.3 Å². The van der Waals surface area contributed by atoms with Gasteiger partial charge in [0.1, 0.15) is 10.8 Å². The molecular weight excluding hydrogens is 478 g/mol. The van der Waals surface area contributed by atoms with Crippen molar-refractivity contribution < 1.29 is 19.1 Å². The van der Waals surface area contributed by atoms with E-state index in [1.165, 1.54) is 16.0 Å². The van der Waals surface area contributed by atoms with Gasteiger partial charge in [0.25, 0.3) is 5.56 Å². The highest BCUT2D eigenvalue weighted by Crippen LogP contribution is 2.31. The van der Waals surface area contributed by atoms with Crippen molar-refractivity contribution in [1.82, 2.24) is 9.78 Å². The highest BCUT2D eigenvalue weighted by molar-refractivity contribution is 7.16. The zero-order valence-corrected chi connectivity index (χ0v) is 21.4. The van der Waals surface area contributed by atoms with Crippen LogP contribution in [0, 0.1) is 13.8 Å². The van der Waals surface area contributed by atoms with Crippen molar-refractivity contribution in [3.8, 4) is 11.4 Å². The minimum absolute atomic E-state index is 0.0275. The van der Waals surface area contributed by atoms with Crippen LogP contribution >= 0.6 is 11.3 Å². The summed E-state index contributed by atoms with van der Waals surface area (Å²) in [6.45, 7) is 5.79. The van der Waals surface area contributed by atoms with E-state index in [-0.39, 0.29) is 30.0 Å². The number of ether oxygens (including phenoxy) is 2. The highest BCUT2D eigenvalue weighted by Gasteiger charge is 2.23. The van der Waals surface area contributed by atoms with Crippen LogP contribution in [-0.2, 0) is 16.0 Å². The molecule has 0 bridgehead atoms. The Balaban J connectivity index is 1.69. The van der Waals surface area contributed by atoms with Crippen LogP contribution in [0.1, 0.15) is 40.5 Å². The van der Waals surface area contributed by atoms with Gasteiger partial charge in [-0.2, -0.15) is 9.78 Å². The number of anilines is 1. The number of hydrogen-bond donors (Lipinski definition) is 1. The molecule has 36 heavy (non-hydrogen) atoms. The second-order valence-electron chi connectivity index (χ2n) is 8.30. The van der Waals surface area contributed by atoms with Gasteiger partial charge < -0.3 is 14.8 Å². The van der Waals surface area contributed by atoms with E-state index in [2.05, 4.69) is 10.4 Å². The van der Waals surface area contributed by atoms with Gasteiger partial charge in [0.05, 0.1) is 24.8 Å². The fraction of sp³-hybridized carbons (Fsp3) is 0.259. The number of hydrogen-bond acceptors (Lipinski definition) is 7. The Kier molecular flexibility index (Phi) is 7.49. The normalized spacial score (nSPS) is 10.9. The molecule has 0 saturated heterocycles. The van der Waals surface area contributed by atoms with E-state index in [9.17, 15) is 14.4 Å². The van der Waals surface area contributed by atoms with Crippen molar-refractivity contribution in [3.05, 3.63) is 80.6 Å². The molecule has 1 N–H and O–H groups in total. The summed E-state index contributed by atoms with van der Waals surface area (Å²) in [6, 6.07) is 13.0. The maximum Gasteiger partial charge on any atom is 0.359 e. The van der Waals surface area contributed by atoms with Gasteiger partial charge in [-0.1, -0.05) is 18.2 Å². The molecule has 4 aromatic rings. The maximum absolute atomic E-state index is 13.6. The van der Waals surface area contributed by atoms with Crippen LogP contribution in [-0.4, -0.2) is 35.4 Å². The molecule has 4 rings (SSSR count). The molecule has 0 spiro atoms. The summed E-state index contributed by atoms with van der Waals surface area (Å²) in [5.41, 5.74) is 3.18. The maximum atomic E-state index is 13.6. The van der Waals surface area contributed by atoms with Crippen LogP contribution in [0.2, 0.25) is 0 Å². The number of aromatic nitrogens is 2. The van der Waals surface area contributed by atoms with Gasteiger partial charge in [0.15, 0.2) is 5.69 Å². The van der Waals surface area contributed by atoms with Crippen molar-refractivity contribution in [2.45, 2.75) is 33.6 Å². The average Bonchev–Trinajstić information content (AvgIpc) is 3.29. The van der Waals surface area contributed by atoms with Gasteiger partial charge >= 0.3 is 5.97 Å². The number of nitrogens with zero attached hydrogens (tertiary/aromatic N) is 2. The van der Waals surface area contributed by atoms with E-state index in [0.717, 1.165) is 22.4 Å². The number of carbonyl (C=O) groups excluding carboxylic acids is 2. The lowest BCUT2D eigenvalue weighted by Crippen LogP contribution is -2.25. The molecule has 0 aliphatic rings. The van der Waals surface area contributed by atoms with Gasteiger partial charge in [0, 0.05) is 17.2 Å². The third-order valence-electron chi connectivity index (χ3n) is 5.91. The second kappa shape index (κ2) is 10.7. The first-order valence-electron chi connectivity index (χ1n) is 11.5. The molecule has 0 fully saturated rings. The van der Waals surface area contributed by atoms with E-state index in [0.29, 0.717) is 22.5 Å². The first-order valence-corrected chi connectivity index (χ1v) is 12.4. The summed E-state index contributed by atoms with van der Waals surface area (Å²) in [5, 5.41) is 9.83. The fourth-order valence-electron chi connectivity index (χ4n) is 3.76. The fourth-order valence-corrected chi connectivity index (χ4v) is 4.72. The summed E-state index contributed by atoms with van der Waals surface area (Å²) in [6.07, 6.45) is 0.758. The topological polar surface area (TPSA) is 99.5 Å². The standard InChI is InChI=1S/C27H27N3O5S/c1-5-35-27(33)24-21-15-36-25(28-22(31)13-9-18-7-11-20(34-4)12-8-18)23(21)26(32)30(29-24)19-10-6-16(2)17(3)14-19/h6-8,10-12,14-15H,5,9,13H2,1-4H3,(H,28,31). The smallest absolute Gasteiger partial charge is 0.359 e. The first kappa shape index (κ1) is 25.1. The third-order valence-corrected chi connectivity index (χ3v) is 6.80. The van der Waals surface area contributed by atoms with Crippen molar-refractivity contribution in [2.75, 3.05) is 19.0 Å². The molecular formula is C27H27N3O5S. The monoisotopic (exact) mass is 505 g/mol. The quantitative estimate of drug-likeness (QED) is 0.345. The van der Waals surface area contributed by atoms with E-state index in [4.69, 9.17) is 9.47 Å². The van der Waals surface area contributed by atoms with Crippen molar-refractivity contribution >= 4 is 39.0 Å². The molecule has 8 nitrogen and oxygen atoms in total. The molecule has 0 unspecified atom stereocenters. The molecule has 2 aromatic carbocycles. The number of esters is 1. The lowest BCUT2D eigenvalue weighted by molar-refractivity contribution is -0.116. The van der Waals surface area contributed by atoms with E-state index < -0.39 is 11.5 Å². The van der Waals surface area contributed by atoms with Gasteiger partial charge in [-0.05, 0) is 68.1 Å². The highest BCUT2D eigenvalue weighted by atomic mass is 32.1. The van der Waals surface area contributed by atoms with E-state index in [1.807, 2.05) is 50.2 Å². The van der Waals surface area contributed by atoms with E-state index in [1.54, 1.807) is 25.5 Å². The molecule has 0 radical (unpaired) electrons. The molecule has 0 aliphatic carbocycles. The zero-order chi connectivity index (χ0) is 25.8. The first-order chi connectivity index (χ1) is 17.3. The van der Waals surface area contributed by atoms with Crippen LogP contribution in [0.25, 0.3) is 16.5 Å². The zero-order valence-electron chi connectivity index (χ0n) is 20.6. The predicted octanol–water partition coefficient (Wildman–Crippen LogP) is 4.82. The summed E-state index contributed by atoms with van der Waals surface area (Å²) in [4.78, 5) is 39.0. The summed E-state index contributed by atoms with van der Waals surface area (Å²) in [5.74, 6) is -0.115. The molecule has 1 amide bonds. The molecule has 0 aliphatic heterocycles. The largest absolute Gasteiger partial charge is 0.497 e. The summed E-state index contributed by atoms with van der Waals surface area (Å²) in [7, 11) is 1.60. The van der Waals surface area contributed by atoms with Crippen LogP contribution in [0.5, 0.6) is 5.75 Å². The van der Waals surface area contributed by atoms with E-state index >= 15 is 0 Å². The van der Waals surface area contributed by atoms with Crippen LogP contribution in [0.3, 0.4) is 0 Å². The number of nitrogens with one attached hydrogen (secondary N) is 1. The van der Waals surface area contributed by atoms with Gasteiger partial charge in [-0.25, -0.2) is 4.79 Å². The SMILES string of the molecule is CCOC(=O)c1nn(-c2ccc(C)c(C)c2)c(=O)c2c(NC(=O)CCc3ccc(OC)cc3)scc12. The molecule has 186 valence electrons. The lowest BCUT2D eigenvalue weighted by atomic mass is 10.1. The Morgan fingerprint density at radius 1 is 1.08 bits per heavy atom. The van der Waals surface area contributed by atoms with Gasteiger partial charge in [0.2, 0.25) is 5.91 Å². The Bertz CT molecular complexity index is 1490. The molecule has 0 saturated carbocycles. The predicted molar refractivity (Wildman–Crippen MR) is 141 cm³/mol. The number of carbonyl (C=O) groups is 2. The van der Waals surface area contributed by atoms with Crippen molar-refractivity contribution in [2.24, 2.45) is 0 Å². The molecule has 0 atom stereocenters. The number of thiophene rings is 1. The number of fused-ring (bicyclic) bond motifs is 1. The van der Waals surface area contributed by atoms with Gasteiger partial charge in [-0.3, -0.25) is 9.59 Å². The summed E-state index contributed by atoms with van der Waals surface area (Å²) >= 11 is 1.18. The molecule has 2 aromatic heterocycles. The Hall–Kier alpha value is -3.98.